The average molecular weight is 277 g/mol. The van der Waals surface area contributed by atoms with E-state index in [-0.39, 0.29) is 24.4 Å². The molecule has 3 nitrogen and oxygen atoms in total. The average Bonchev–Trinajstić information content (AvgIpc) is 2.16. The van der Waals surface area contributed by atoms with Crippen molar-refractivity contribution in [3.63, 3.8) is 0 Å². The lowest BCUT2D eigenvalue weighted by atomic mass is 10.0. The fraction of sp³-hybridized carbons (Fsp3) is 0.417. The Balaban J connectivity index is 0.00000256. The van der Waals surface area contributed by atoms with Crippen molar-refractivity contribution < 1.29 is 4.79 Å². The molecule has 1 rings (SSSR count). The predicted octanol–water partition coefficient (Wildman–Crippen LogP) is 2.68. The van der Waals surface area contributed by atoms with Crippen molar-refractivity contribution in [1.29, 1.82) is 0 Å². The molecule has 0 aliphatic heterocycles. The predicted molar refractivity (Wildman–Crippen MR) is 73.5 cm³/mol. The van der Waals surface area contributed by atoms with Gasteiger partial charge in [-0.15, -0.1) is 12.4 Å². The summed E-state index contributed by atoms with van der Waals surface area (Å²) in [5.41, 5.74) is 5.79. The minimum Gasteiger partial charge on any atom is -0.348 e. The normalized spacial score (nSPS) is 12.5. The standard InChI is InChI=1S/C12H17ClN2O.ClH/c1-8(15-11(16)12(2,3)14)9-5-4-6-10(13)7-9;/h4-8H,14H2,1-3H3,(H,15,16);1H/t8-;/m1./s1. The maximum Gasteiger partial charge on any atom is 0.239 e. The van der Waals surface area contributed by atoms with Crippen LogP contribution in [0.3, 0.4) is 0 Å². The Bertz CT molecular complexity index is 388. The molecule has 0 radical (unpaired) electrons. The summed E-state index contributed by atoms with van der Waals surface area (Å²) in [6.45, 7) is 5.25. The fourth-order valence-electron chi connectivity index (χ4n) is 1.24. The van der Waals surface area contributed by atoms with Gasteiger partial charge in [0, 0.05) is 5.02 Å². The van der Waals surface area contributed by atoms with Crippen LogP contribution in [0.1, 0.15) is 32.4 Å². The summed E-state index contributed by atoms with van der Waals surface area (Å²) in [5.74, 6) is -0.181. The molecule has 0 bridgehead atoms. The van der Waals surface area contributed by atoms with Crippen molar-refractivity contribution in [3.05, 3.63) is 34.9 Å². The lowest BCUT2D eigenvalue weighted by Gasteiger charge is -2.22. The lowest BCUT2D eigenvalue weighted by Crippen LogP contribution is -2.49. The van der Waals surface area contributed by atoms with Crippen molar-refractivity contribution in [2.45, 2.75) is 32.4 Å². The number of hydrogen-bond donors (Lipinski definition) is 2. The van der Waals surface area contributed by atoms with Crippen LogP contribution in [-0.2, 0) is 4.79 Å². The molecule has 0 saturated heterocycles. The van der Waals surface area contributed by atoms with Crippen molar-refractivity contribution in [2.75, 3.05) is 0 Å². The van der Waals surface area contributed by atoms with E-state index in [1.54, 1.807) is 19.9 Å². The first-order valence-corrected chi connectivity index (χ1v) is 5.54. The molecule has 3 N–H and O–H groups in total. The van der Waals surface area contributed by atoms with Crippen molar-refractivity contribution in [3.8, 4) is 0 Å². The number of amides is 1. The van der Waals surface area contributed by atoms with Crippen LogP contribution >= 0.6 is 24.0 Å². The number of halogens is 2. The number of rotatable bonds is 3. The summed E-state index contributed by atoms with van der Waals surface area (Å²) < 4.78 is 0. The minimum atomic E-state index is -0.868. The van der Waals surface area contributed by atoms with E-state index in [2.05, 4.69) is 5.32 Å². The first kappa shape index (κ1) is 16.2. The van der Waals surface area contributed by atoms with Gasteiger partial charge in [-0.05, 0) is 38.5 Å². The molecule has 0 spiro atoms. The third kappa shape index (κ3) is 4.94. The number of nitrogens with one attached hydrogen (secondary N) is 1. The van der Waals surface area contributed by atoms with Gasteiger partial charge in [0.25, 0.3) is 0 Å². The fourth-order valence-corrected chi connectivity index (χ4v) is 1.44. The molecule has 0 fully saturated rings. The summed E-state index contributed by atoms with van der Waals surface area (Å²) in [5, 5.41) is 3.50. The van der Waals surface area contributed by atoms with Gasteiger partial charge in [0.15, 0.2) is 0 Å². The first-order chi connectivity index (χ1) is 7.30. The summed E-state index contributed by atoms with van der Waals surface area (Å²) >= 11 is 5.88. The largest absolute Gasteiger partial charge is 0.348 e. The number of nitrogens with two attached hydrogens (primary N) is 1. The number of benzene rings is 1. The van der Waals surface area contributed by atoms with Crippen LogP contribution in [0.15, 0.2) is 24.3 Å². The molecule has 1 aromatic rings. The highest BCUT2D eigenvalue weighted by atomic mass is 35.5. The first-order valence-electron chi connectivity index (χ1n) is 5.16. The molecular weight excluding hydrogens is 259 g/mol. The van der Waals surface area contributed by atoms with Gasteiger partial charge in [-0.25, -0.2) is 0 Å². The van der Waals surface area contributed by atoms with Gasteiger partial charge >= 0.3 is 0 Å². The quantitative estimate of drug-likeness (QED) is 0.892. The molecule has 0 heterocycles. The second-order valence-electron chi connectivity index (χ2n) is 4.47. The summed E-state index contributed by atoms with van der Waals surface area (Å²) in [6.07, 6.45) is 0. The van der Waals surface area contributed by atoms with Gasteiger partial charge in [0.1, 0.15) is 0 Å². The molecule has 1 atom stereocenters. The number of hydrogen-bond acceptors (Lipinski definition) is 2. The highest BCUT2D eigenvalue weighted by Crippen LogP contribution is 2.17. The van der Waals surface area contributed by atoms with Gasteiger partial charge in [0.2, 0.25) is 5.91 Å². The van der Waals surface area contributed by atoms with Crippen molar-refractivity contribution in [2.24, 2.45) is 5.73 Å². The van der Waals surface area contributed by atoms with Crippen LogP contribution in [0.5, 0.6) is 0 Å². The minimum absolute atomic E-state index is 0. The van der Waals surface area contributed by atoms with Crippen LogP contribution < -0.4 is 11.1 Å². The van der Waals surface area contributed by atoms with E-state index in [1.165, 1.54) is 0 Å². The van der Waals surface area contributed by atoms with Crippen LogP contribution in [0.2, 0.25) is 5.02 Å². The maximum atomic E-state index is 11.7. The zero-order valence-electron chi connectivity index (χ0n) is 10.2. The topological polar surface area (TPSA) is 55.1 Å². The molecule has 1 amide bonds. The maximum absolute atomic E-state index is 11.7. The monoisotopic (exact) mass is 276 g/mol. The third-order valence-electron chi connectivity index (χ3n) is 2.28. The van der Waals surface area contributed by atoms with Gasteiger partial charge < -0.3 is 11.1 Å². The second kappa shape index (κ2) is 6.24. The summed E-state index contributed by atoms with van der Waals surface area (Å²) in [4.78, 5) is 11.7. The van der Waals surface area contributed by atoms with E-state index in [4.69, 9.17) is 17.3 Å². The highest BCUT2D eigenvalue weighted by molar-refractivity contribution is 6.30. The van der Waals surface area contributed by atoms with E-state index < -0.39 is 5.54 Å². The molecule has 0 saturated carbocycles. The second-order valence-corrected chi connectivity index (χ2v) is 4.91. The Morgan fingerprint density at radius 1 is 1.47 bits per heavy atom. The number of carbonyl (C=O) groups excluding carboxylic acids is 1. The SMILES string of the molecule is C[C@@H](NC(=O)C(C)(C)N)c1cccc(Cl)c1.Cl. The molecule has 1 aromatic carbocycles. The van der Waals surface area contributed by atoms with Crippen molar-refractivity contribution >= 4 is 29.9 Å². The van der Waals surface area contributed by atoms with E-state index in [9.17, 15) is 4.79 Å². The van der Waals surface area contributed by atoms with E-state index in [0.29, 0.717) is 5.02 Å². The molecule has 0 aliphatic rings. The zero-order chi connectivity index (χ0) is 12.3. The summed E-state index contributed by atoms with van der Waals surface area (Å²) in [6, 6.07) is 7.30. The van der Waals surface area contributed by atoms with Gasteiger partial charge in [-0.2, -0.15) is 0 Å². The summed E-state index contributed by atoms with van der Waals surface area (Å²) in [7, 11) is 0. The molecule has 0 aliphatic carbocycles. The van der Waals surface area contributed by atoms with Crippen LogP contribution in [0, 0.1) is 0 Å². The van der Waals surface area contributed by atoms with Gasteiger partial charge in [-0.3, -0.25) is 4.79 Å². The molecule has 0 unspecified atom stereocenters. The van der Waals surface area contributed by atoms with Crippen LogP contribution in [-0.4, -0.2) is 11.4 Å². The smallest absolute Gasteiger partial charge is 0.239 e. The van der Waals surface area contributed by atoms with Gasteiger partial charge in [-0.1, -0.05) is 23.7 Å². The lowest BCUT2D eigenvalue weighted by molar-refractivity contribution is -0.125. The van der Waals surface area contributed by atoms with Gasteiger partial charge in [0.05, 0.1) is 11.6 Å². The van der Waals surface area contributed by atoms with E-state index in [0.717, 1.165) is 5.56 Å². The zero-order valence-corrected chi connectivity index (χ0v) is 11.7. The van der Waals surface area contributed by atoms with Crippen LogP contribution in [0.25, 0.3) is 0 Å². The Morgan fingerprint density at radius 2 is 2.06 bits per heavy atom. The Labute approximate surface area is 113 Å². The Kier molecular flexibility index (Phi) is 5.96. The molecular formula is C12H18Cl2N2O. The van der Waals surface area contributed by atoms with E-state index >= 15 is 0 Å². The Morgan fingerprint density at radius 3 is 2.53 bits per heavy atom. The molecule has 17 heavy (non-hydrogen) atoms. The highest BCUT2D eigenvalue weighted by Gasteiger charge is 2.23. The Hall–Kier alpha value is -0.770. The molecule has 0 aromatic heterocycles. The number of carbonyl (C=O) groups is 1. The molecule has 5 heteroatoms. The van der Waals surface area contributed by atoms with Crippen LogP contribution in [0.4, 0.5) is 0 Å². The third-order valence-corrected chi connectivity index (χ3v) is 2.52. The van der Waals surface area contributed by atoms with E-state index in [1.807, 2.05) is 25.1 Å². The van der Waals surface area contributed by atoms with Crippen molar-refractivity contribution in [1.82, 2.24) is 5.32 Å². The molecule has 96 valence electrons.